The Hall–Kier alpha value is -1.74. The molecule has 0 fully saturated rings. The maximum absolute atomic E-state index is 13.1. The Morgan fingerprint density at radius 3 is 1.90 bits per heavy atom. The molecule has 0 aliphatic rings. The largest absolute Gasteiger partial charge is 0.327 e. The van der Waals surface area contributed by atoms with Crippen LogP contribution in [0.3, 0.4) is 0 Å². The quantitative estimate of drug-likeness (QED) is 0.877. The van der Waals surface area contributed by atoms with Gasteiger partial charge in [0.05, 0.1) is 0 Å². The highest BCUT2D eigenvalue weighted by Crippen LogP contribution is 2.16. The smallest absolute Gasteiger partial charge is 0.126 e. The highest BCUT2D eigenvalue weighted by molar-refractivity contribution is 5.26. The summed E-state index contributed by atoms with van der Waals surface area (Å²) in [6, 6.07) is 11.7. The molecule has 0 spiro atoms. The first-order valence-electron chi connectivity index (χ1n) is 7.23. The maximum atomic E-state index is 13.1. The third-order valence-corrected chi connectivity index (χ3v) is 3.56. The van der Waals surface area contributed by atoms with Crippen molar-refractivity contribution < 1.29 is 8.78 Å². The number of hydrogen-bond donors (Lipinski definition) is 1. The minimum Gasteiger partial charge on any atom is -0.327 e. The lowest BCUT2D eigenvalue weighted by Crippen LogP contribution is -2.25. The van der Waals surface area contributed by atoms with Gasteiger partial charge in [-0.1, -0.05) is 38.1 Å². The summed E-state index contributed by atoms with van der Waals surface area (Å²) in [6.07, 6.45) is 1.15. The molecule has 2 aromatic rings. The van der Waals surface area contributed by atoms with E-state index in [1.54, 1.807) is 0 Å². The van der Waals surface area contributed by atoms with Gasteiger partial charge in [-0.25, -0.2) is 8.78 Å². The summed E-state index contributed by atoms with van der Waals surface area (Å²) >= 11 is 0. The Morgan fingerprint density at radius 2 is 1.38 bits per heavy atom. The zero-order chi connectivity index (χ0) is 15.4. The Labute approximate surface area is 124 Å². The van der Waals surface area contributed by atoms with Crippen molar-refractivity contribution in [1.29, 1.82) is 0 Å². The van der Waals surface area contributed by atoms with E-state index in [-0.39, 0.29) is 6.04 Å². The standard InChI is InChI=1S/C18H21F2N/c1-12(2)15-5-3-13(4-6-15)9-18(21)10-14-7-16(19)11-17(20)8-14/h3-8,11-12,18H,9-10,21H2,1-2H3. The van der Waals surface area contributed by atoms with E-state index in [1.807, 2.05) is 0 Å². The zero-order valence-corrected chi connectivity index (χ0v) is 12.4. The van der Waals surface area contributed by atoms with Gasteiger partial charge in [0.1, 0.15) is 11.6 Å². The molecule has 0 saturated heterocycles. The minimum absolute atomic E-state index is 0.156. The van der Waals surface area contributed by atoms with Gasteiger partial charge in [-0.05, 0) is 47.6 Å². The molecule has 0 amide bonds. The van der Waals surface area contributed by atoms with Gasteiger partial charge in [-0.3, -0.25) is 0 Å². The van der Waals surface area contributed by atoms with Crippen LogP contribution in [0.4, 0.5) is 8.78 Å². The van der Waals surface area contributed by atoms with Crippen molar-refractivity contribution in [3.05, 3.63) is 70.8 Å². The first kappa shape index (κ1) is 15.6. The molecular weight excluding hydrogens is 268 g/mol. The molecule has 0 heterocycles. The van der Waals surface area contributed by atoms with Crippen molar-refractivity contribution in [3.8, 4) is 0 Å². The Balaban J connectivity index is 1.99. The van der Waals surface area contributed by atoms with Gasteiger partial charge in [0, 0.05) is 12.1 Å². The third kappa shape index (κ3) is 4.64. The van der Waals surface area contributed by atoms with Gasteiger partial charge in [-0.15, -0.1) is 0 Å². The minimum atomic E-state index is -0.557. The van der Waals surface area contributed by atoms with E-state index >= 15 is 0 Å². The van der Waals surface area contributed by atoms with Crippen LogP contribution in [0, 0.1) is 11.6 Å². The number of rotatable bonds is 5. The van der Waals surface area contributed by atoms with Crippen LogP contribution in [-0.2, 0) is 12.8 Å². The van der Waals surface area contributed by atoms with E-state index in [1.165, 1.54) is 17.7 Å². The molecule has 1 atom stereocenters. The summed E-state index contributed by atoms with van der Waals surface area (Å²) in [4.78, 5) is 0. The van der Waals surface area contributed by atoms with Crippen LogP contribution in [0.25, 0.3) is 0 Å². The van der Waals surface area contributed by atoms with E-state index in [2.05, 4.69) is 38.1 Å². The van der Waals surface area contributed by atoms with Gasteiger partial charge in [0.25, 0.3) is 0 Å². The Kier molecular flexibility index (Phi) is 5.07. The van der Waals surface area contributed by atoms with E-state index in [0.717, 1.165) is 11.6 Å². The Bertz CT molecular complexity index is 570. The third-order valence-electron chi connectivity index (χ3n) is 3.56. The lowest BCUT2D eigenvalue weighted by Gasteiger charge is -2.13. The summed E-state index contributed by atoms with van der Waals surface area (Å²) in [6.45, 7) is 4.30. The second-order valence-corrected chi connectivity index (χ2v) is 5.84. The summed E-state index contributed by atoms with van der Waals surface area (Å²) in [5, 5.41) is 0. The molecule has 21 heavy (non-hydrogen) atoms. The molecule has 0 aromatic heterocycles. The van der Waals surface area contributed by atoms with Crippen LogP contribution in [0.1, 0.15) is 36.5 Å². The molecule has 0 aliphatic carbocycles. The van der Waals surface area contributed by atoms with Gasteiger partial charge in [0.2, 0.25) is 0 Å². The van der Waals surface area contributed by atoms with Gasteiger partial charge < -0.3 is 5.73 Å². The van der Waals surface area contributed by atoms with Crippen LogP contribution in [0.2, 0.25) is 0 Å². The van der Waals surface area contributed by atoms with Crippen LogP contribution >= 0.6 is 0 Å². The maximum Gasteiger partial charge on any atom is 0.126 e. The summed E-state index contributed by atoms with van der Waals surface area (Å²) in [5.41, 5.74) is 9.12. The van der Waals surface area contributed by atoms with Crippen LogP contribution in [0.5, 0.6) is 0 Å². The van der Waals surface area contributed by atoms with Crippen molar-refractivity contribution in [2.24, 2.45) is 5.73 Å². The molecule has 3 heteroatoms. The second-order valence-electron chi connectivity index (χ2n) is 5.84. The molecule has 2 N–H and O–H groups in total. The van der Waals surface area contributed by atoms with Gasteiger partial charge in [0.15, 0.2) is 0 Å². The lowest BCUT2D eigenvalue weighted by atomic mass is 9.97. The van der Waals surface area contributed by atoms with Crippen molar-refractivity contribution >= 4 is 0 Å². The fourth-order valence-corrected chi connectivity index (χ4v) is 2.45. The Morgan fingerprint density at radius 1 is 0.857 bits per heavy atom. The van der Waals surface area contributed by atoms with Crippen LogP contribution in [0.15, 0.2) is 42.5 Å². The van der Waals surface area contributed by atoms with E-state index in [9.17, 15) is 8.78 Å². The topological polar surface area (TPSA) is 26.0 Å². The van der Waals surface area contributed by atoms with Gasteiger partial charge >= 0.3 is 0 Å². The molecule has 2 rings (SSSR count). The summed E-state index contributed by atoms with van der Waals surface area (Å²) < 4.78 is 26.3. The van der Waals surface area contributed by atoms with Crippen molar-refractivity contribution in [2.45, 2.75) is 38.6 Å². The van der Waals surface area contributed by atoms with Crippen molar-refractivity contribution in [1.82, 2.24) is 0 Å². The monoisotopic (exact) mass is 289 g/mol. The lowest BCUT2D eigenvalue weighted by molar-refractivity contribution is 0.574. The number of nitrogens with two attached hydrogens (primary N) is 1. The van der Waals surface area contributed by atoms with Crippen LogP contribution < -0.4 is 5.73 Å². The highest BCUT2D eigenvalue weighted by Gasteiger charge is 2.08. The molecule has 0 aliphatic heterocycles. The number of hydrogen-bond acceptors (Lipinski definition) is 1. The van der Waals surface area contributed by atoms with Crippen molar-refractivity contribution in [3.63, 3.8) is 0 Å². The van der Waals surface area contributed by atoms with E-state index in [4.69, 9.17) is 5.73 Å². The molecule has 0 bridgehead atoms. The molecule has 1 unspecified atom stereocenters. The van der Waals surface area contributed by atoms with Gasteiger partial charge in [-0.2, -0.15) is 0 Å². The molecule has 112 valence electrons. The predicted octanol–water partition coefficient (Wildman–Crippen LogP) is 4.20. The first-order valence-corrected chi connectivity index (χ1v) is 7.23. The fourth-order valence-electron chi connectivity index (χ4n) is 2.45. The first-order chi connectivity index (χ1) is 9.94. The highest BCUT2D eigenvalue weighted by atomic mass is 19.1. The molecular formula is C18H21F2N. The number of halogens is 2. The van der Waals surface area contributed by atoms with E-state index < -0.39 is 11.6 Å². The zero-order valence-electron chi connectivity index (χ0n) is 12.4. The molecule has 0 saturated carbocycles. The molecule has 2 aromatic carbocycles. The molecule has 0 radical (unpaired) electrons. The summed E-state index contributed by atoms with van der Waals surface area (Å²) in [7, 11) is 0. The fraction of sp³-hybridized carbons (Fsp3) is 0.333. The normalized spacial score (nSPS) is 12.7. The second kappa shape index (κ2) is 6.81. The average molecular weight is 289 g/mol. The van der Waals surface area contributed by atoms with E-state index in [0.29, 0.717) is 24.3 Å². The average Bonchev–Trinajstić information content (AvgIpc) is 2.37. The SMILES string of the molecule is CC(C)c1ccc(CC(N)Cc2cc(F)cc(F)c2)cc1. The molecule has 1 nitrogen and oxygen atoms in total. The summed E-state index contributed by atoms with van der Waals surface area (Å²) in [5.74, 6) is -0.611. The predicted molar refractivity (Wildman–Crippen MR) is 82.3 cm³/mol. The number of benzene rings is 2. The van der Waals surface area contributed by atoms with Crippen LogP contribution in [-0.4, -0.2) is 6.04 Å². The van der Waals surface area contributed by atoms with Crippen molar-refractivity contribution in [2.75, 3.05) is 0 Å².